The van der Waals surface area contributed by atoms with Gasteiger partial charge in [0.1, 0.15) is 6.29 Å². The van der Waals surface area contributed by atoms with Crippen molar-refractivity contribution in [2.75, 3.05) is 0 Å². The first-order valence-corrected chi connectivity index (χ1v) is 7.46. The van der Waals surface area contributed by atoms with E-state index >= 15 is 0 Å². The lowest BCUT2D eigenvalue weighted by Crippen LogP contribution is -2.28. The Morgan fingerprint density at radius 2 is 1.84 bits per heavy atom. The Balaban J connectivity index is 2.48. The topological polar surface area (TPSA) is 17.1 Å². The van der Waals surface area contributed by atoms with Crippen LogP contribution in [0, 0.1) is 17.8 Å². The first-order chi connectivity index (χ1) is 8.95. The van der Waals surface area contributed by atoms with Gasteiger partial charge in [-0.2, -0.15) is 0 Å². The molecule has 0 aromatic carbocycles. The smallest absolute Gasteiger partial charge is 0.275 e. The Bertz CT molecular complexity index is 291. The molecular formula is C16H26F2O. The van der Waals surface area contributed by atoms with Gasteiger partial charge in [-0.25, -0.2) is 8.78 Å². The number of rotatable bonds is 7. The van der Waals surface area contributed by atoms with Crippen molar-refractivity contribution in [2.45, 2.75) is 64.7 Å². The van der Waals surface area contributed by atoms with Crippen LogP contribution in [0.1, 0.15) is 58.8 Å². The van der Waals surface area contributed by atoms with E-state index in [0.29, 0.717) is 12.2 Å². The Hall–Kier alpha value is -0.730. The number of alkyl halides is 2. The minimum Gasteiger partial charge on any atom is -0.303 e. The summed E-state index contributed by atoms with van der Waals surface area (Å²) in [5, 5.41) is 0. The van der Waals surface area contributed by atoms with Crippen LogP contribution < -0.4 is 0 Å². The average Bonchev–Trinajstić information content (AvgIpc) is 2.36. The fraction of sp³-hybridized carbons (Fsp3) is 0.812. The van der Waals surface area contributed by atoms with Gasteiger partial charge < -0.3 is 4.79 Å². The number of hydrogen-bond donors (Lipinski definition) is 0. The van der Waals surface area contributed by atoms with Gasteiger partial charge in [0, 0.05) is 0 Å². The molecule has 19 heavy (non-hydrogen) atoms. The molecule has 110 valence electrons. The molecule has 0 amide bonds. The first kappa shape index (κ1) is 16.3. The zero-order valence-electron chi connectivity index (χ0n) is 12.1. The number of hydrogen-bond acceptors (Lipinski definition) is 1. The van der Waals surface area contributed by atoms with Crippen molar-refractivity contribution < 1.29 is 13.6 Å². The van der Waals surface area contributed by atoms with Gasteiger partial charge in [0.2, 0.25) is 0 Å². The molecule has 1 nitrogen and oxygen atoms in total. The van der Waals surface area contributed by atoms with Crippen molar-refractivity contribution in [3.05, 3.63) is 12.2 Å². The van der Waals surface area contributed by atoms with Crippen molar-refractivity contribution in [1.82, 2.24) is 0 Å². The van der Waals surface area contributed by atoms with Crippen LogP contribution in [-0.4, -0.2) is 12.2 Å². The lowest BCUT2D eigenvalue weighted by Gasteiger charge is -2.22. The van der Waals surface area contributed by atoms with Gasteiger partial charge in [0.15, 0.2) is 0 Å². The zero-order chi connectivity index (χ0) is 14.3. The van der Waals surface area contributed by atoms with Gasteiger partial charge in [-0.1, -0.05) is 52.0 Å². The number of carbonyl (C=O) groups is 1. The molecule has 1 unspecified atom stereocenters. The van der Waals surface area contributed by atoms with Gasteiger partial charge in [0.25, 0.3) is 5.92 Å². The van der Waals surface area contributed by atoms with Crippen LogP contribution in [0.5, 0.6) is 0 Å². The number of halogens is 2. The highest BCUT2D eigenvalue weighted by Gasteiger charge is 2.36. The molecule has 0 aliphatic heterocycles. The first-order valence-electron chi connectivity index (χ1n) is 7.46. The molecule has 0 aromatic rings. The summed E-state index contributed by atoms with van der Waals surface area (Å²) in [7, 11) is 0. The SMILES string of the molecule is CC(C)CC(C=O)C(F)(F)C=CCC1CCCCC1. The van der Waals surface area contributed by atoms with Gasteiger partial charge in [0.05, 0.1) is 5.92 Å². The fourth-order valence-electron chi connectivity index (χ4n) is 2.78. The van der Waals surface area contributed by atoms with E-state index in [2.05, 4.69) is 0 Å². The van der Waals surface area contributed by atoms with Crippen molar-refractivity contribution in [2.24, 2.45) is 17.8 Å². The fourth-order valence-corrected chi connectivity index (χ4v) is 2.78. The maximum absolute atomic E-state index is 13.9. The summed E-state index contributed by atoms with van der Waals surface area (Å²) in [6.45, 7) is 3.72. The molecule has 0 radical (unpaired) electrons. The third kappa shape index (κ3) is 5.84. The van der Waals surface area contributed by atoms with Gasteiger partial charge in [-0.3, -0.25) is 0 Å². The molecule has 0 spiro atoms. The van der Waals surface area contributed by atoms with Crippen LogP contribution in [0.15, 0.2) is 12.2 Å². The Labute approximate surface area is 115 Å². The molecule has 1 aliphatic carbocycles. The van der Waals surface area contributed by atoms with Crippen LogP contribution >= 0.6 is 0 Å². The normalized spacial score (nSPS) is 20.1. The van der Waals surface area contributed by atoms with Crippen molar-refractivity contribution >= 4 is 6.29 Å². The van der Waals surface area contributed by atoms with Crippen LogP contribution in [0.4, 0.5) is 8.78 Å². The second-order valence-corrected chi connectivity index (χ2v) is 6.19. The highest BCUT2D eigenvalue weighted by molar-refractivity contribution is 5.56. The molecule has 1 saturated carbocycles. The predicted molar refractivity (Wildman–Crippen MR) is 74.3 cm³/mol. The summed E-state index contributed by atoms with van der Waals surface area (Å²) in [5.74, 6) is -3.52. The number of aldehydes is 1. The summed E-state index contributed by atoms with van der Waals surface area (Å²) >= 11 is 0. The standard InChI is InChI=1S/C16H26F2O/c1-13(2)11-15(12-19)16(17,18)10-6-9-14-7-4-3-5-8-14/h6,10,12-15H,3-5,7-9,11H2,1-2H3. The predicted octanol–water partition coefficient (Wildman–Crippen LogP) is 5.01. The molecular weight excluding hydrogens is 246 g/mol. The molecule has 1 atom stereocenters. The maximum atomic E-state index is 13.9. The van der Waals surface area contributed by atoms with Crippen LogP contribution in [0.3, 0.4) is 0 Å². The highest BCUT2D eigenvalue weighted by atomic mass is 19.3. The van der Waals surface area contributed by atoms with E-state index < -0.39 is 11.8 Å². The number of allylic oxidation sites excluding steroid dienone is 2. The van der Waals surface area contributed by atoms with Crippen LogP contribution in [-0.2, 0) is 4.79 Å². The summed E-state index contributed by atoms with van der Waals surface area (Å²) in [6, 6.07) is 0. The van der Waals surface area contributed by atoms with E-state index in [0.717, 1.165) is 25.3 Å². The number of carbonyl (C=O) groups excluding carboxylic acids is 1. The summed E-state index contributed by atoms with van der Waals surface area (Å²) < 4.78 is 27.8. The van der Waals surface area contributed by atoms with Crippen LogP contribution in [0.2, 0.25) is 0 Å². The molecule has 1 aliphatic rings. The zero-order valence-corrected chi connectivity index (χ0v) is 12.1. The molecule has 0 saturated heterocycles. The molecule has 0 bridgehead atoms. The molecule has 3 heteroatoms. The lowest BCUT2D eigenvalue weighted by atomic mass is 9.86. The minimum absolute atomic E-state index is 0.104. The third-order valence-corrected chi connectivity index (χ3v) is 3.92. The van der Waals surface area contributed by atoms with E-state index in [9.17, 15) is 13.6 Å². The van der Waals surface area contributed by atoms with Crippen molar-refractivity contribution in [3.63, 3.8) is 0 Å². The molecule has 0 heterocycles. The molecule has 1 rings (SSSR count). The van der Waals surface area contributed by atoms with Gasteiger partial charge >= 0.3 is 0 Å². The summed E-state index contributed by atoms with van der Waals surface area (Å²) in [6.07, 6.45) is 9.95. The van der Waals surface area contributed by atoms with Gasteiger partial charge in [-0.15, -0.1) is 0 Å². The van der Waals surface area contributed by atoms with Gasteiger partial charge in [-0.05, 0) is 30.8 Å². The summed E-state index contributed by atoms with van der Waals surface area (Å²) in [4.78, 5) is 10.8. The summed E-state index contributed by atoms with van der Waals surface area (Å²) in [5.41, 5.74) is 0. The Kier molecular flexibility index (Phi) is 6.67. The van der Waals surface area contributed by atoms with E-state index in [1.165, 1.54) is 19.3 Å². The Morgan fingerprint density at radius 3 is 2.37 bits per heavy atom. The third-order valence-electron chi connectivity index (χ3n) is 3.92. The average molecular weight is 272 g/mol. The molecule has 0 aromatic heterocycles. The van der Waals surface area contributed by atoms with E-state index in [-0.39, 0.29) is 12.3 Å². The lowest BCUT2D eigenvalue weighted by molar-refractivity contribution is -0.120. The largest absolute Gasteiger partial charge is 0.303 e. The second kappa shape index (κ2) is 7.76. The molecule has 1 fully saturated rings. The van der Waals surface area contributed by atoms with E-state index in [1.54, 1.807) is 6.08 Å². The Morgan fingerprint density at radius 1 is 1.21 bits per heavy atom. The quantitative estimate of drug-likeness (QED) is 0.470. The maximum Gasteiger partial charge on any atom is 0.275 e. The molecule has 0 N–H and O–H groups in total. The minimum atomic E-state index is -3.00. The van der Waals surface area contributed by atoms with E-state index in [1.807, 2.05) is 13.8 Å². The van der Waals surface area contributed by atoms with Crippen molar-refractivity contribution in [3.8, 4) is 0 Å². The second-order valence-electron chi connectivity index (χ2n) is 6.19. The van der Waals surface area contributed by atoms with Crippen LogP contribution in [0.25, 0.3) is 0 Å². The van der Waals surface area contributed by atoms with E-state index in [4.69, 9.17) is 0 Å². The van der Waals surface area contributed by atoms with Crippen molar-refractivity contribution in [1.29, 1.82) is 0 Å². The monoisotopic (exact) mass is 272 g/mol. The highest BCUT2D eigenvalue weighted by Crippen LogP contribution is 2.31.